The number of hydrogen-bond donors (Lipinski definition) is 3. The zero-order valence-electron chi connectivity index (χ0n) is 15.6. The van der Waals surface area contributed by atoms with E-state index >= 15 is 0 Å². The first-order valence-corrected chi connectivity index (χ1v) is 9.74. The number of pyridine rings is 1. The number of allylic oxidation sites excluding steroid dienone is 1. The molecular weight excluding hydrogens is 423 g/mol. The zero-order chi connectivity index (χ0) is 21.6. The molecule has 13 heteroatoms. The largest absolute Gasteiger partial charge is 0.417 e. The molecule has 160 valence electrons. The second-order valence-corrected chi connectivity index (χ2v) is 7.41. The van der Waals surface area contributed by atoms with E-state index in [1.165, 1.54) is 6.20 Å². The molecule has 3 N–H and O–H groups in total. The van der Waals surface area contributed by atoms with Gasteiger partial charge in [-0.2, -0.15) is 13.2 Å². The van der Waals surface area contributed by atoms with Gasteiger partial charge in [-0.05, 0) is 24.5 Å². The minimum atomic E-state index is -4.49. The third kappa shape index (κ3) is 5.97. The molecule has 0 spiro atoms. The average molecular weight is 441 g/mol. The topological polar surface area (TPSA) is 112 Å². The quantitative estimate of drug-likeness (QED) is 0.397. The minimum Gasteiger partial charge on any atom is -0.346 e. The molecule has 2 aromatic heterocycles. The van der Waals surface area contributed by atoms with Gasteiger partial charge in [0.05, 0.1) is 5.56 Å². The molecule has 0 atom stereocenters. The van der Waals surface area contributed by atoms with Gasteiger partial charge in [-0.1, -0.05) is 11.3 Å². The number of alkyl halides is 3. The lowest BCUT2D eigenvalue weighted by molar-refractivity contribution is -0.137. The Kier molecular flexibility index (Phi) is 6.95. The Bertz CT molecular complexity index is 932. The number of halogens is 3. The van der Waals surface area contributed by atoms with E-state index in [1.807, 2.05) is 0 Å². The fraction of sp³-hybridized carbons (Fsp3) is 0.353. The molecule has 1 aliphatic heterocycles. The molecule has 30 heavy (non-hydrogen) atoms. The first-order valence-electron chi connectivity index (χ1n) is 8.92. The molecule has 3 rings (SSSR count). The van der Waals surface area contributed by atoms with E-state index in [2.05, 4.69) is 31.5 Å². The first kappa shape index (κ1) is 21.6. The van der Waals surface area contributed by atoms with E-state index < -0.39 is 17.6 Å². The Morgan fingerprint density at radius 3 is 2.83 bits per heavy atom. The standard InChI is InChI=1S/C17H18F3N7O2S/c18-17(19,20)12-5-11(6-21-8-12)7-22-15(29)16-25-24-14(30-16)3-1-2-4-27-9-13(10-28)23-26-27/h5-6,8-10,23,26H,1-4,7H2,(H,22,29). The zero-order valence-corrected chi connectivity index (χ0v) is 16.4. The number of rotatable bonds is 9. The van der Waals surface area contributed by atoms with Crippen LogP contribution in [0.1, 0.15) is 38.8 Å². The highest BCUT2D eigenvalue weighted by molar-refractivity contribution is 7.13. The van der Waals surface area contributed by atoms with Crippen molar-refractivity contribution in [3.8, 4) is 0 Å². The lowest BCUT2D eigenvalue weighted by Gasteiger charge is -2.14. The summed E-state index contributed by atoms with van der Waals surface area (Å²) in [6, 6.07) is 0.941. The maximum atomic E-state index is 12.7. The Labute approximate surface area is 173 Å². The van der Waals surface area contributed by atoms with Crippen LogP contribution in [-0.4, -0.2) is 38.9 Å². The third-order valence-corrected chi connectivity index (χ3v) is 5.02. The van der Waals surface area contributed by atoms with Crippen LogP contribution in [0.2, 0.25) is 0 Å². The molecule has 0 fully saturated rings. The monoisotopic (exact) mass is 441 g/mol. The van der Waals surface area contributed by atoms with Crippen molar-refractivity contribution < 1.29 is 22.8 Å². The summed E-state index contributed by atoms with van der Waals surface area (Å²) in [7, 11) is 0. The highest BCUT2D eigenvalue weighted by Crippen LogP contribution is 2.28. The van der Waals surface area contributed by atoms with E-state index in [0.29, 0.717) is 30.0 Å². The Hall–Kier alpha value is -3.06. The summed E-state index contributed by atoms with van der Waals surface area (Å²) < 4.78 is 38.1. The summed E-state index contributed by atoms with van der Waals surface area (Å²) in [4.78, 5) is 26.3. The van der Waals surface area contributed by atoms with E-state index in [1.54, 1.807) is 11.2 Å². The van der Waals surface area contributed by atoms with Gasteiger partial charge in [0, 0.05) is 38.1 Å². The highest BCUT2D eigenvalue weighted by Gasteiger charge is 2.31. The summed E-state index contributed by atoms with van der Waals surface area (Å²) in [5, 5.41) is 12.9. The molecule has 0 saturated carbocycles. The van der Waals surface area contributed by atoms with E-state index in [-0.39, 0.29) is 17.1 Å². The Morgan fingerprint density at radius 1 is 1.27 bits per heavy atom. The van der Waals surface area contributed by atoms with Crippen molar-refractivity contribution in [2.24, 2.45) is 0 Å². The number of amides is 1. The second-order valence-electron chi connectivity index (χ2n) is 6.35. The van der Waals surface area contributed by atoms with Crippen LogP contribution in [0.15, 0.2) is 30.4 Å². The molecule has 0 saturated heterocycles. The number of unbranched alkanes of at least 4 members (excludes halogenated alkanes) is 1. The molecular formula is C17H18F3N7O2S. The molecule has 0 aliphatic carbocycles. The Balaban J connectivity index is 1.42. The van der Waals surface area contributed by atoms with Crippen LogP contribution in [0.5, 0.6) is 0 Å². The van der Waals surface area contributed by atoms with Gasteiger partial charge in [0.1, 0.15) is 10.7 Å². The van der Waals surface area contributed by atoms with Gasteiger partial charge in [0.25, 0.3) is 5.91 Å². The molecule has 0 radical (unpaired) electrons. The second kappa shape index (κ2) is 9.63. The van der Waals surface area contributed by atoms with Gasteiger partial charge in [-0.15, -0.1) is 15.7 Å². The van der Waals surface area contributed by atoms with Crippen molar-refractivity contribution in [1.82, 2.24) is 36.5 Å². The van der Waals surface area contributed by atoms with Gasteiger partial charge >= 0.3 is 6.18 Å². The fourth-order valence-corrected chi connectivity index (χ4v) is 3.35. The summed E-state index contributed by atoms with van der Waals surface area (Å²) in [6.07, 6.45) is 2.14. The van der Waals surface area contributed by atoms with Gasteiger partial charge in [0.15, 0.2) is 6.29 Å². The molecule has 2 aromatic rings. The van der Waals surface area contributed by atoms with Crippen molar-refractivity contribution in [2.75, 3.05) is 6.54 Å². The summed E-state index contributed by atoms with van der Waals surface area (Å²) in [5.41, 5.74) is 5.36. The number of hydrazine groups is 2. The number of aldehydes is 1. The molecule has 1 aliphatic rings. The molecule has 9 nitrogen and oxygen atoms in total. The van der Waals surface area contributed by atoms with Crippen molar-refractivity contribution in [3.63, 3.8) is 0 Å². The van der Waals surface area contributed by atoms with Crippen LogP contribution in [0, 0.1) is 0 Å². The van der Waals surface area contributed by atoms with Crippen LogP contribution in [-0.2, 0) is 23.9 Å². The summed E-state index contributed by atoms with van der Waals surface area (Å²) in [6.45, 7) is 0.583. The SMILES string of the molecule is O=CC1=CN(CCCCc2nnc(C(=O)NCc3cncc(C(F)(F)F)c3)s2)NN1. The van der Waals surface area contributed by atoms with Crippen LogP contribution in [0.3, 0.4) is 0 Å². The molecule has 0 bridgehead atoms. The maximum absolute atomic E-state index is 12.7. The molecule has 1 amide bonds. The molecule has 3 heterocycles. The van der Waals surface area contributed by atoms with E-state index in [4.69, 9.17) is 0 Å². The first-order chi connectivity index (χ1) is 14.3. The highest BCUT2D eigenvalue weighted by atomic mass is 32.1. The molecule has 0 aromatic carbocycles. The maximum Gasteiger partial charge on any atom is 0.417 e. The van der Waals surface area contributed by atoms with Crippen molar-refractivity contribution in [2.45, 2.75) is 32.0 Å². The van der Waals surface area contributed by atoms with E-state index in [0.717, 1.165) is 36.4 Å². The number of nitrogens with one attached hydrogen (secondary N) is 3. The smallest absolute Gasteiger partial charge is 0.346 e. The van der Waals surface area contributed by atoms with Crippen LogP contribution < -0.4 is 16.3 Å². The van der Waals surface area contributed by atoms with Crippen LogP contribution >= 0.6 is 11.3 Å². The van der Waals surface area contributed by atoms with E-state index in [9.17, 15) is 22.8 Å². The van der Waals surface area contributed by atoms with Gasteiger partial charge in [-0.25, -0.2) is 0 Å². The fourth-order valence-electron chi connectivity index (χ4n) is 2.55. The van der Waals surface area contributed by atoms with Gasteiger partial charge in [0.2, 0.25) is 5.01 Å². The van der Waals surface area contributed by atoms with Gasteiger partial charge < -0.3 is 5.32 Å². The number of carbonyl (C=O) groups is 2. The van der Waals surface area contributed by atoms with Crippen molar-refractivity contribution in [1.29, 1.82) is 0 Å². The summed E-state index contributed by atoms with van der Waals surface area (Å²) in [5.74, 6) is -0.505. The molecule has 0 unspecified atom stereocenters. The predicted molar refractivity (Wildman–Crippen MR) is 100 cm³/mol. The predicted octanol–water partition coefficient (Wildman–Crippen LogP) is 1.57. The number of aryl methyl sites for hydroxylation is 1. The number of hydrogen-bond acceptors (Lipinski definition) is 9. The van der Waals surface area contributed by atoms with Crippen LogP contribution in [0.4, 0.5) is 13.2 Å². The van der Waals surface area contributed by atoms with Crippen LogP contribution in [0.25, 0.3) is 0 Å². The lowest BCUT2D eigenvalue weighted by Crippen LogP contribution is -2.37. The number of carbonyl (C=O) groups excluding carboxylic acids is 2. The Morgan fingerprint density at radius 2 is 2.10 bits per heavy atom. The normalized spacial score (nSPS) is 13.7. The van der Waals surface area contributed by atoms with Crippen molar-refractivity contribution >= 4 is 23.5 Å². The number of aromatic nitrogens is 3. The lowest BCUT2D eigenvalue weighted by atomic mass is 10.2. The average Bonchev–Trinajstić information content (AvgIpc) is 3.38. The van der Waals surface area contributed by atoms with Gasteiger partial charge in [-0.3, -0.25) is 25.0 Å². The third-order valence-electron chi connectivity index (χ3n) is 4.04. The number of nitrogens with zero attached hydrogens (tertiary/aromatic N) is 4. The minimum absolute atomic E-state index is 0.0994. The van der Waals surface area contributed by atoms with Crippen molar-refractivity contribution in [3.05, 3.63) is 51.5 Å². The summed E-state index contributed by atoms with van der Waals surface area (Å²) >= 11 is 1.14.